The molecule has 0 bridgehead atoms. The molecule has 0 atom stereocenters. The molecule has 1 aliphatic carbocycles. The molecule has 4 nitrogen and oxygen atoms in total. The van der Waals surface area contributed by atoms with E-state index in [1.165, 1.54) is 154 Å². The van der Waals surface area contributed by atoms with Crippen LogP contribution in [-0.2, 0) is 0 Å². The average molecular weight is 521 g/mol. The van der Waals surface area contributed by atoms with Crippen LogP contribution in [0.25, 0.3) is 0 Å². The Balaban J connectivity index is -0.000000359. The molecule has 4 heteroatoms. The second kappa shape index (κ2) is 51.5. The van der Waals surface area contributed by atoms with Crippen LogP contribution in [0.15, 0.2) is 0 Å². The lowest BCUT2D eigenvalue weighted by atomic mass is 10.0. The third-order valence-corrected chi connectivity index (χ3v) is 6.00. The van der Waals surface area contributed by atoms with E-state index in [0.29, 0.717) is 0 Å². The maximum atomic E-state index is 7.57. The van der Waals surface area contributed by atoms with Gasteiger partial charge in [-0.05, 0) is 27.7 Å². The molecule has 36 heavy (non-hydrogen) atoms. The summed E-state index contributed by atoms with van der Waals surface area (Å²) in [6.07, 6.45) is 36.0. The molecule has 1 saturated carbocycles. The molecule has 4 N–H and O–H groups in total. The van der Waals surface area contributed by atoms with Crippen molar-refractivity contribution in [2.24, 2.45) is 0 Å². The van der Waals surface area contributed by atoms with Crippen LogP contribution in [0, 0.1) is 0 Å². The van der Waals surface area contributed by atoms with Gasteiger partial charge in [-0.15, -0.1) is 0 Å². The summed E-state index contributed by atoms with van der Waals surface area (Å²) in [6, 6.07) is 0. The standard InChI is InChI=1S/C24H48.4C2H6O/c1-2-4-6-8-10-12-14-16-18-20-22-24-23-21-19-17-15-13-11-9-7-5-3-1;4*1-2-3/h1-24H2;4*3H,2H2,1H3. The highest BCUT2D eigenvalue weighted by molar-refractivity contribution is 4.52. The summed E-state index contributed by atoms with van der Waals surface area (Å²) in [5.41, 5.74) is 0. The molecule has 0 unspecified atom stereocenters. The first-order valence-corrected chi connectivity index (χ1v) is 16.1. The van der Waals surface area contributed by atoms with Crippen LogP contribution in [0.4, 0.5) is 0 Å². The maximum Gasteiger partial charge on any atom is 0.0402 e. The highest BCUT2D eigenvalue weighted by atomic mass is 16.3. The highest BCUT2D eigenvalue weighted by Crippen LogP contribution is 2.17. The number of hydrogen-bond donors (Lipinski definition) is 4. The van der Waals surface area contributed by atoms with Crippen LogP contribution >= 0.6 is 0 Å². The second-order valence-corrected chi connectivity index (χ2v) is 9.75. The molecule has 0 radical (unpaired) electrons. The molecule has 1 fully saturated rings. The first kappa shape index (κ1) is 42.9. The van der Waals surface area contributed by atoms with E-state index in [0.717, 1.165) is 0 Å². The third kappa shape index (κ3) is 64.2. The molecule has 0 amide bonds. The van der Waals surface area contributed by atoms with Crippen molar-refractivity contribution in [2.75, 3.05) is 26.4 Å². The number of aliphatic hydroxyl groups excluding tert-OH is 4. The largest absolute Gasteiger partial charge is 0.397 e. The summed E-state index contributed by atoms with van der Waals surface area (Å²) in [5.74, 6) is 0. The van der Waals surface area contributed by atoms with Gasteiger partial charge in [-0.3, -0.25) is 0 Å². The van der Waals surface area contributed by atoms with Gasteiger partial charge in [0.25, 0.3) is 0 Å². The Morgan fingerprint density at radius 3 is 0.278 bits per heavy atom. The zero-order valence-corrected chi connectivity index (χ0v) is 25.6. The van der Waals surface area contributed by atoms with Gasteiger partial charge in [0.05, 0.1) is 0 Å². The molecular weight excluding hydrogens is 448 g/mol. The van der Waals surface area contributed by atoms with Gasteiger partial charge in [0, 0.05) is 26.4 Å². The number of hydrogen-bond acceptors (Lipinski definition) is 4. The molecule has 1 aliphatic rings. The predicted molar refractivity (Wildman–Crippen MR) is 162 cm³/mol. The van der Waals surface area contributed by atoms with Crippen LogP contribution in [0.3, 0.4) is 0 Å². The van der Waals surface area contributed by atoms with Gasteiger partial charge in [-0.1, -0.05) is 154 Å². The fourth-order valence-electron chi connectivity index (χ4n) is 4.24. The van der Waals surface area contributed by atoms with Crippen molar-refractivity contribution in [2.45, 2.75) is 182 Å². The second-order valence-electron chi connectivity index (χ2n) is 9.75. The van der Waals surface area contributed by atoms with Gasteiger partial charge in [-0.25, -0.2) is 0 Å². The topological polar surface area (TPSA) is 80.9 Å². The SMILES string of the molecule is C1CCCCCCCCCCCCCCCCCCCCCCC1.CCO.CCO.CCO.CCO. The fraction of sp³-hybridized carbons (Fsp3) is 1.00. The Morgan fingerprint density at radius 2 is 0.250 bits per heavy atom. The summed E-state index contributed by atoms with van der Waals surface area (Å²) in [5, 5.41) is 30.3. The van der Waals surface area contributed by atoms with Gasteiger partial charge in [0.15, 0.2) is 0 Å². The Bertz CT molecular complexity index is 169. The Morgan fingerprint density at radius 1 is 0.222 bits per heavy atom. The lowest BCUT2D eigenvalue weighted by molar-refractivity contribution is 0.318. The third-order valence-electron chi connectivity index (χ3n) is 6.00. The molecule has 1 rings (SSSR count). The first-order valence-electron chi connectivity index (χ1n) is 16.1. The van der Waals surface area contributed by atoms with E-state index in [-0.39, 0.29) is 26.4 Å². The molecule has 0 aromatic heterocycles. The summed E-state index contributed by atoms with van der Waals surface area (Å²) in [6.45, 7) is 7.72. The van der Waals surface area contributed by atoms with Gasteiger partial charge < -0.3 is 20.4 Å². The minimum atomic E-state index is 0.250. The molecule has 0 aromatic rings. The lowest BCUT2D eigenvalue weighted by Gasteiger charge is -2.05. The Hall–Kier alpha value is -0.160. The molecule has 0 heterocycles. The normalized spacial score (nSPS) is 18.0. The monoisotopic (exact) mass is 521 g/mol. The molecule has 0 spiro atoms. The minimum absolute atomic E-state index is 0.250. The highest BCUT2D eigenvalue weighted by Gasteiger charge is 1.97. The van der Waals surface area contributed by atoms with E-state index in [1.54, 1.807) is 27.7 Å². The van der Waals surface area contributed by atoms with Gasteiger partial charge in [0.2, 0.25) is 0 Å². The first-order chi connectivity index (χ1) is 17.7. The molecular formula is C32H72O4. The fourth-order valence-corrected chi connectivity index (χ4v) is 4.24. The lowest BCUT2D eigenvalue weighted by Crippen LogP contribution is -1.85. The van der Waals surface area contributed by atoms with Crippen LogP contribution in [0.5, 0.6) is 0 Å². The maximum absolute atomic E-state index is 7.57. The van der Waals surface area contributed by atoms with Crippen molar-refractivity contribution in [3.63, 3.8) is 0 Å². The zero-order chi connectivity index (χ0) is 27.8. The van der Waals surface area contributed by atoms with Crippen LogP contribution in [0.1, 0.15) is 182 Å². The molecule has 0 saturated heterocycles. The van der Waals surface area contributed by atoms with Gasteiger partial charge in [-0.2, -0.15) is 0 Å². The van der Waals surface area contributed by atoms with Crippen molar-refractivity contribution in [1.29, 1.82) is 0 Å². The van der Waals surface area contributed by atoms with Crippen molar-refractivity contribution in [1.82, 2.24) is 0 Å². The average Bonchev–Trinajstić information content (AvgIpc) is 2.85. The summed E-state index contributed by atoms with van der Waals surface area (Å²) >= 11 is 0. The Kier molecular flexibility index (Phi) is 61.4. The van der Waals surface area contributed by atoms with Crippen LogP contribution < -0.4 is 0 Å². The van der Waals surface area contributed by atoms with Crippen LogP contribution in [-0.4, -0.2) is 46.9 Å². The minimum Gasteiger partial charge on any atom is -0.397 e. The van der Waals surface area contributed by atoms with E-state index >= 15 is 0 Å². The van der Waals surface area contributed by atoms with E-state index in [2.05, 4.69) is 0 Å². The van der Waals surface area contributed by atoms with Gasteiger partial charge >= 0.3 is 0 Å². The van der Waals surface area contributed by atoms with Crippen molar-refractivity contribution in [3.8, 4) is 0 Å². The van der Waals surface area contributed by atoms with Crippen molar-refractivity contribution in [3.05, 3.63) is 0 Å². The predicted octanol–water partition coefficient (Wildman–Crippen LogP) is 9.36. The zero-order valence-electron chi connectivity index (χ0n) is 25.6. The summed E-state index contributed by atoms with van der Waals surface area (Å²) < 4.78 is 0. The summed E-state index contributed by atoms with van der Waals surface area (Å²) in [7, 11) is 0. The quantitative estimate of drug-likeness (QED) is 0.256. The molecule has 0 aromatic carbocycles. The van der Waals surface area contributed by atoms with Crippen molar-refractivity contribution >= 4 is 0 Å². The van der Waals surface area contributed by atoms with E-state index < -0.39 is 0 Å². The van der Waals surface area contributed by atoms with Crippen LogP contribution in [0.2, 0.25) is 0 Å². The molecule has 0 aliphatic heterocycles. The summed E-state index contributed by atoms with van der Waals surface area (Å²) in [4.78, 5) is 0. The Labute approximate surface area is 228 Å². The van der Waals surface area contributed by atoms with E-state index in [9.17, 15) is 0 Å². The van der Waals surface area contributed by atoms with Gasteiger partial charge in [0.1, 0.15) is 0 Å². The van der Waals surface area contributed by atoms with E-state index in [1.807, 2.05) is 0 Å². The smallest absolute Gasteiger partial charge is 0.0402 e. The van der Waals surface area contributed by atoms with Crippen molar-refractivity contribution < 1.29 is 20.4 Å². The number of aliphatic hydroxyl groups is 4. The molecule has 224 valence electrons. The number of rotatable bonds is 0. The van der Waals surface area contributed by atoms with E-state index in [4.69, 9.17) is 20.4 Å².